The Bertz CT molecular complexity index is 628. The standard InChI is InChI=1S/C14H14FO3P/c1-2-18-19(16,17)14-10-6-4-8-12(14)11-7-3-5-9-13(11)15/h3-10H,2H2,1H3,(H,16,17). The SMILES string of the molecule is CCOP(=O)(O)c1ccccc1-c1ccccc1F. The van der Waals surface area contributed by atoms with Gasteiger partial charge in [0.2, 0.25) is 0 Å². The van der Waals surface area contributed by atoms with Gasteiger partial charge in [-0.15, -0.1) is 0 Å². The second-order valence-electron chi connectivity index (χ2n) is 3.94. The topological polar surface area (TPSA) is 46.5 Å². The van der Waals surface area contributed by atoms with Gasteiger partial charge in [0.05, 0.1) is 11.9 Å². The molecule has 2 rings (SSSR count). The van der Waals surface area contributed by atoms with Crippen LogP contribution >= 0.6 is 7.60 Å². The quantitative estimate of drug-likeness (QED) is 0.874. The van der Waals surface area contributed by atoms with Crippen LogP contribution in [-0.2, 0) is 9.09 Å². The second-order valence-corrected chi connectivity index (χ2v) is 5.72. The van der Waals surface area contributed by atoms with Crippen molar-refractivity contribution < 1.29 is 18.4 Å². The van der Waals surface area contributed by atoms with E-state index in [1.807, 2.05) is 0 Å². The molecule has 0 bridgehead atoms. The normalized spacial score (nSPS) is 14.1. The van der Waals surface area contributed by atoms with Gasteiger partial charge < -0.3 is 9.42 Å². The Balaban J connectivity index is 2.60. The smallest absolute Gasteiger partial charge is 0.321 e. The summed E-state index contributed by atoms with van der Waals surface area (Å²) in [6.07, 6.45) is 0. The molecular formula is C14H14FO3P. The van der Waals surface area contributed by atoms with Crippen molar-refractivity contribution in [2.24, 2.45) is 0 Å². The van der Waals surface area contributed by atoms with E-state index in [1.165, 1.54) is 12.1 Å². The average molecular weight is 280 g/mol. The Morgan fingerprint density at radius 3 is 2.32 bits per heavy atom. The maximum atomic E-state index is 13.8. The molecule has 0 aliphatic carbocycles. The summed E-state index contributed by atoms with van der Waals surface area (Å²) in [5, 5.41) is 0.113. The molecule has 0 aromatic heterocycles. The highest BCUT2D eigenvalue weighted by atomic mass is 31.2. The molecule has 0 fully saturated rings. The van der Waals surface area contributed by atoms with Gasteiger partial charge in [0.25, 0.3) is 0 Å². The molecule has 19 heavy (non-hydrogen) atoms. The fraction of sp³-hybridized carbons (Fsp3) is 0.143. The fourth-order valence-corrected chi connectivity index (χ4v) is 3.13. The molecule has 2 aromatic rings. The minimum absolute atomic E-state index is 0.110. The summed E-state index contributed by atoms with van der Waals surface area (Å²) < 4.78 is 30.9. The summed E-state index contributed by atoms with van der Waals surface area (Å²) in [5.41, 5.74) is 0.659. The Hall–Kier alpha value is -1.48. The van der Waals surface area contributed by atoms with E-state index < -0.39 is 13.4 Å². The number of hydrogen-bond acceptors (Lipinski definition) is 2. The zero-order valence-electron chi connectivity index (χ0n) is 10.4. The number of halogens is 1. The van der Waals surface area contributed by atoms with E-state index in [0.29, 0.717) is 5.56 Å². The van der Waals surface area contributed by atoms with Crippen LogP contribution in [0.1, 0.15) is 6.92 Å². The van der Waals surface area contributed by atoms with Crippen molar-refractivity contribution in [3.63, 3.8) is 0 Å². The van der Waals surface area contributed by atoms with E-state index in [2.05, 4.69) is 0 Å². The molecule has 2 aromatic carbocycles. The lowest BCUT2D eigenvalue weighted by atomic mass is 10.1. The van der Waals surface area contributed by atoms with Crippen LogP contribution in [-0.4, -0.2) is 11.5 Å². The molecule has 0 aliphatic rings. The maximum Gasteiger partial charge on any atom is 0.359 e. The lowest BCUT2D eigenvalue weighted by molar-refractivity contribution is 0.284. The van der Waals surface area contributed by atoms with Crippen LogP contribution in [0.25, 0.3) is 11.1 Å². The summed E-state index contributed by atoms with van der Waals surface area (Å²) in [6.45, 7) is 1.74. The summed E-state index contributed by atoms with van der Waals surface area (Å²) in [7, 11) is -3.93. The molecule has 0 saturated heterocycles. The van der Waals surface area contributed by atoms with E-state index in [9.17, 15) is 13.8 Å². The summed E-state index contributed by atoms with van der Waals surface area (Å²) in [6, 6.07) is 12.5. The van der Waals surface area contributed by atoms with Gasteiger partial charge >= 0.3 is 7.60 Å². The van der Waals surface area contributed by atoms with E-state index in [4.69, 9.17) is 4.52 Å². The number of benzene rings is 2. The van der Waals surface area contributed by atoms with Crippen LogP contribution in [0.5, 0.6) is 0 Å². The molecule has 100 valence electrons. The molecule has 1 unspecified atom stereocenters. The Morgan fingerprint density at radius 1 is 1.11 bits per heavy atom. The van der Waals surface area contributed by atoms with E-state index >= 15 is 0 Å². The van der Waals surface area contributed by atoms with E-state index in [0.717, 1.165) is 0 Å². The molecular weight excluding hydrogens is 266 g/mol. The van der Waals surface area contributed by atoms with Crippen LogP contribution in [0.15, 0.2) is 48.5 Å². The van der Waals surface area contributed by atoms with Crippen molar-refractivity contribution in [2.75, 3.05) is 6.61 Å². The molecule has 0 saturated carbocycles. The van der Waals surface area contributed by atoms with Crippen LogP contribution in [0.4, 0.5) is 4.39 Å². The van der Waals surface area contributed by atoms with Crippen molar-refractivity contribution in [1.82, 2.24) is 0 Å². The molecule has 0 aliphatic heterocycles. The average Bonchev–Trinajstić information content (AvgIpc) is 2.39. The zero-order chi connectivity index (χ0) is 13.9. The zero-order valence-corrected chi connectivity index (χ0v) is 11.3. The number of hydrogen-bond donors (Lipinski definition) is 1. The maximum absolute atomic E-state index is 13.8. The minimum Gasteiger partial charge on any atom is -0.321 e. The highest BCUT2D eigenvalue weighted by Gasteiger charge is 2.26. The molecule has 1 atom stereocenters. The lowest BCUT2D eigenvalue weighted by Gasteiger charge is -2.15. The van der Waals surface area contributed by atoms with Gasteiger partial charge in [-0.25, -0.2) is 4.39 Å². The third-order valence-electron chi connectivity index (χ3n) is 2.68. The van der Waals surface area contributed by atoms with Gasteiger partial charge in [-0.05, 0) is 24.6 Å². The first-order valence-corrected chi connectivity index (χ1v) is 7.46. The van der Waals surface area contributed by atoms with Gasteiger partial charge in [0.15, 0.2) is 0 Å². The number of rotatable bonds is 4. The Morgan fingerprint density at radius 2 is 1.68 bits per heavy atom. The van der Waals surface area contributed by atoms with Gasteiger partial charge in [-0.3, -0.25) is 4.57 Å². The largest absolute Gasteiger partial charge is 0.359 e. The molecule has 0 radical (unpaired) electrons. The monoisotopic (exact) mass is 280 g/mol. The first kappa shape index (κ1) is 13.9. The molecule has 1 N–H and O–H groups in total. The van der Waals surface area contributed by atoms with Crippen molar-refractivity contribution in [2.45, 2.75) is 6.92 Å². The van der Waals surface area contributed by atoms with Crippen molar-refractivity contribution in [3.8, 4) is 11.1 Å². The predicted octanol–water partition coefficient (Wildman–Crippen LogP) is 3.34. The lowest BCUT2D eigenvalue weighted by Crippen LogP contribution is -2.10. The summed E-state index contributed by atoms with van der Waals surface area (Å²) in [5.74, 6) is -0.438. The van der Waals surface area contributed by atoms with E-state index in [-0.39, 0.29) is 17.5 Å². The Labute approximate surface area is 111 Å². The molecule has 5 heteroatoms. The summed E-state index contributed by atoms with van der Waals surface area (Å²) >= 11 is 0. The van der Waals surface area contributed by atoms with Crippen LogP contribution in [0.3, 0.4) is 0 Å². The fourth-order valence-electron chi connectivity index (χ4n) is 1.87. The predicted molar refractivity (Wildman–Crippen MR) is 72.9 cm³/mol. The first-order chi connectivity index (χ1) is 9.06. The van der Waals surface area contributed by atoms with Crippen molar-refractivity contribution in [3.05, 3.63) is 54.3 Å². The first-order valence-electron chi connectivity index (χ1n) is 5.88. The summed E-state index contributed by atoms with van der Waals surface area (Å²) in [4.78, 5) is 9.93. The highest BCUT2D eigenvalue weighted by Crippen LogP contribution is 2.43. The highest BCUT2D eigenvalue weighted by molar-refractivity contribution is 7.61. The van der Waals surface area contributed by atoms with Gasteiger partial charge in [0, 0.05) is 5.56 Å². The third kappa shape index (κ3) is 2.92. The molecule has 0 amide bonds. The van der Waals surface area contributed by atoms with Crippen LogP contribution in [0, 0.1) is 5.82 Å². The molecule has 0 heterocycles. The van der Waals surface area contributed by atoms with Crippen molar-refractivity contribution >= 4 is 12.9 Å². The van der Waals surface area contributed by atoms with Crippen molar-refractivity contribution in [1.29, 1.82) is 0 Å². The van der Waals surface area contributed by atoms with E-state index in [1.54, 1.807) is 43.3 Å². The third-order valence-corrected chi connectivity index (χ3v) is 4.28. The molecule has 3 nitrogen and oxygen atoms in total. The van der Waals surface area contributed by atoms with Crippen LogP contribution < -0.4 is 5.30 Å². The minimum atomic E-state index is -3.93. The van der Waals surface area contributed by atoms with Gasteiger partial charge in [-0.2, -0.15) is 0 Å². The van der Waals surface area contributed by atoms with Crippen LogP contribution in [0.2, 0.25) is 0 Å². The molecule has 0 spiro atoms. The van der Waals surface area contributed by atoms with Gasteiger partial charge in [0.1, 0.15) is 5.82 Å². The Kier molecular flexibility index (Phi) is 4.15. The van der Waals surface area contributed by atoms with Gasteiger partial charge in [-0.1, -0.05) is 36.4 Å². The second kappa shape index (κ2) is 5.66.